The number of benzene rings is 1. The van der Waals surface area contributed by atoms with Gasteiger partial charge >= 0.3 is 0 Å². The topological polar surface area (TPSA) is 78.7 Å². The number of fused-ring (bicyclic) bond motifs is 1. The molecule has 1 amide bonds. The number of nitrogens with zero attached hydrogens (tertiary/aromatic N) is 6. The molecule has 0 radical (unpaired) electrons. The van der Waals surface area contributed by atoms with Crippen molar-refractivity contribution in [1.82, 2.24) is 29.4 Å². The summed E-state index contributed by atoms with van der Waals surface area (Å²) in [5, 5.41) is 7.29. The first kappa shape index (κ1) is 23.7. The van der Waals surface area contributed by atoms with Crippen molar-refractivity contribution in [3.05, 3.63) is 88.6 Å². The Morgan fingerprint density at radius 3 is 2.67 bits per heavy atom. The number of anilines is 1. The Balaban J connectivity index is 1.29. The number of aromatic nitrogens is 4. The van der Waals surface area contributed by atoms with Crippen molar-refractivity contribution in [1.29, 1.82) is 0 Å². The molecule has 1 aromatic carbocycles. The SMILES string of the molecule is Cc1cc(NC(=O)c2cnc(C)c(C#Cc3cnc4cccnn34)c2)ccc1CN1CCN(C)CC1. The highest BCUT2D eigenvalue weighted by Crippen LogP contribution is 2.19. The minimum absolute atomic E-state index is 0.215. The molecule has 1 saturated heterocycles. The van der Waals surface area contributed by atoms with Gasteiger partial charge in [0.05, 0.1) is 17.5 Å². The molecular formula is C28H29N7O. The fraction of sp³-hybridized carbons (Fsp3) is 0.286. The van der Waals surface area contributed by atoms with Crippen LogP contribution >= 0.6 is 0 Å². The number of hydrogen-bond acceptors (Lipinski definition) is 6. The molecule has 1 fully saturated rings. The number of nitrogens with one attached hydrogen (secondary N) is 1. The number of likely N-dealkylation sites (N-methyl/N-ethyl adjacent to an activating group) is 1. The fourth-order valence-corrected chi connectivity index (χ4v) is 4.23. The van der Waals surface area contributed by atoms with Crippen LogP contribution in [0.25, 0.3) is 5.65 Å². The van der Waals surface area contributed by atoms with Gasteiger partial charge in [0.25, 0.3) is 5.91 Å². The maximum absolute atomic E-state index is 13.0. The van der Waals surface area contributed by atoms with Gasteiger partial charge in [-0.15, -0.1) is 0 Å². The Kier molecular flexibility index (Phi) is 6.76. The van der Waals surface area contributed by atoms with Crippen LogP contribution in [0, 0.1) is 25.7 Å². The molecule has 5 rings (SSSR count). The lowest BCUT2D eigenvalue weighted by Crippen LogP contribution is -2.43. The number of carbonyl (C=O) groups excluding carboxylic acids is 1. The maximum Gasteiger partial charge on any atom is 0.257 e. The average molecular weight is 480 g/mol. The molecule has 1 aliphatic rings. The Hall–Kier alpha value is -4.06. The number of carbonyl (C=O) groups is 1. The van der Waals surface area contributed by atoms with Crippen molar-refractivity contribution in [2.45, 2.75) is 20.4 Å². The van der Waals surface area contributed by atoms with Crippen LogP contribution in [-0.4, -0.2) is 68.5 Å². The van der Waals surface area contributed by atoms with Crippen LogP contribution in [0.2, 0.25) is 0 Å². The summed E-state index contributed by atoms with van der Waals surface area (Å²) in [7, 11) is 2.16. The summed E-state index contributed by atoms with van der Waals surface area (Å²) in [6.07, 6.45) is 4.96. The molecule has 182 valence electrons. The van der Waals surface area contributed by atoms with Crippen molar-refractivity contribution >= 4 is 17.2 Å². The Labute approximate surface area is 211 Å². The number of amides is 1. The summed E-state index contributed by atoms with van der Waals surface area (Å²) in [5.74, 6) is 6.01. The second kappa shape index (κ2) is 10.3. The van der Waals surface area contributed by atoms with Crippen LogP contribution in [0.15, 0.2) is 55.0 Å². The third kappa shape index (κ3) is 5.28. The molecule has 3 aromatic heterocycles. The van der Waals surface area contributed by atoms with Gasteiger partial charge in [-0.05, 0) is 68.3 Å². The normalized spacial score (nSPS) is 14.4. The van der Waals surface area contributed by atoms with Gasteiger partial charge in [-0.1, -0.05) is 12.0 Å². The highest BCUT2D eigenvalue weighted by Gasteiger charge is 2.15. The molecule has 0 bridgehead atoms. The summed E-state index contributed by atoms with van der Waals surface area (Å²) in [5.41, 5.74) is 6.53. The van der Waals surface area contributed by atoms with Crippen molar-refractivity contribution in [2.24, 2.45) is 0 Å². The lowest BCUT2D eigenvalue weighted by Gasteiger charge is -2.32. The Bertz CT molecular complexity index is 1470. The van der Waals surface area contributed by atoms with E-state index in [1.807, 2.05) is 31.2 Å². The molecule has 4 heterocycles. The predicted octanol–water partition coefficient (Wildman–Crippen LogP) is 3.14. The lowest BCUT2D eigenvalue weighted by atomic mass is 10.1. The third-order valence-electron chi connectivity index (χ3n) is 6.54. The maximum atomic E-state index is 13.0. The monoisotopic (exact) mass is 479 g/mol. The van der Waals surface area contributed by atoms with Gasteiger partial charge in [0.15, 0.2) is 5.65 Å². The molecule has 1 aliphatic heterocycles. The van der Waals surface area contributed by atoms with Crippen LogP contribution in [0.5, 0.6) is 0 Å². The highest BCUT2D eigenvalue weighted by atomic mass is 16.1. The second-order valence-electron chi connectivity index (χ2n) is 9.22. The molecule has 0 aliphatic carbocycles. The molecule has 4 aromatic rings. The summed E-state index contributed by atoms with van der Waals surface area (Å²) in [6.45, 7) is 9.25. The van der Waals surface area contributed by atoms with Crippen LogP contribution in [0.1, 0.15) is 38.4 Å². The van der Waals surface area contributed by atoms with Crippen molar-refractivity contribution in [3.8, 4) is 11.8 Å². The molecule has 0 saturated carbocycles. The van der Waals surface area contributed by atoms with Gasteiger partial charge in [0.2, 0.25) is 0 Å². The fourth-order valence-electron chi connectivity index (χ4n) is 4.23. The Morgan fingerprint density at radius 1 is 1.03 bits per heavy atom. The summed E-state index contributed by atoms with van der Waals surface area (Å²) < 4.78 is 1.68. The van der Waals surface area contributed by atoms with Crippen LogP contribution in [0.4, 0.5) is 5.69 Å². The minimum atomic E-state index is -0.215. The van der Waals surface area contributed by atoms with Crippen LogP contribution in [-0.2, 0) is 6.54 Å². The third-order valence-corrected chi connectivity index (χ3v) is 6.54. The first-order valence-electron chi connectivity index (χ1n) is 12.1. The van der Waals surface area contributed by atoms with Gasteiger partial charge in [0.1, 0.15) is 5.69 Å². The van der Waals surface area contributed by atoms with E-state index in [4.69, 9.17) is 0 Å². The molecule has 0 atom stereocenters. The molecule has 8 nitrogen and oxygen atoms in total. The van der Waals surface area contributed by atoms with Gasteiger partial charge in [-0.3, -0.25) is 14.7 Å². The molecule has 1 N–H and O–H groups in total. The number of pyridine rings is 1. The average Bonchev–Trinajstić information content (AvgIpc) is 3.29. The zero-order chi connectivity index (χ0) is 25.1. The quantitative estimate of drug-likeness (QED) is 0.453. The summed E-state index contributed by atoms with van der Waals surface area (Å²) in [6, 6.07) is 11.6. The van der Waals surface area contributed by atoms with Gasteiger partial charge in [0, 0.05) is 56.4 Å². The van der Waals surface area contributed by atoms with E-state index in [1.165, 1.54) is 11.1 Å². The summed E-state index contributed by atoms with van der Waals surface area (Å²) >= 11 is 0. The number of imidazole rings is 1. The number of aryl methyl sites for hydroxylation is 2. The largest absolute Gasteiger partial charge is 0.322 e. The van der Waals surface area contributed by atoms with Crippen molar-refractivity contribution < 1.29 is 4.79 Å². The molecule has 0 spiro atoms. The zero-order valence-corrected chi connectivity index (χ0v) is 20.8. The number of piperazine rings is 1. The van der Waals surface area contributed by atoms with Crippen molar-refractivity contribution in [2.75, 3.05) is 38.5 Å². The standard InChI is InChI=1S/C28H29N7O/c1-20-15-25(8-6-23(20)19-34-13-11-33(3)12-14-34)32-28(36)24-16-22(21(2)29-17-24)7-9-26-18-30-27-5-4-10-31-35(26)27/h4-6,8,10,15-18H,11-14,19H2,1-3H3,(H,32,36). The molecule has 36 heavy (non-hydrogen) atoms. The molecular weight excluding hydrogens is 450 g/mol. The van der Waals surface area contributed by atoms with Crippen LogP contribution < -0.4 is 5.32 Å². The van der Waals surface area contributed by atoms with E-state index in [9.17, 15) is 4.79 Å². The highest BCUT2D eigenvalue weighted by molar-refractivity contribution is 6.04. The van der Waals surface area contributed by atoms with E-state index in [0.717, 1.165) is 49.8 Å². The van der Waals surface area contributed by atoms with Gasteiger partial charge in [-0.25, -0.2) is 9.50 Å². The first-order chi connectivity index (χ1) is 17.5. The Morgan fingerprint density at radius 2 is 1.86 bits per heavy atom. The van der Waals surface area contributed by atoms with E-state index >= 15 is 0 Å². The molecule has 0 unspecified atom stereocenters. The van der Waals surface area contributed by atoms with Crippen molar-refractivity contribution in [3.63, 3.8) is 0 Å². The van der Waals surface area contributed by atoms with Crippen LogP contribution in [0.3, 0.4) is 0 Å². The number of rotatable bonds is 4. The van der Waals surface area contributed by atoms with E-state index in [-0.39, 0.29) is 5.91 Å². The predicted molar refractivity (Wildman–Crippen MR) is 140 cm³/mol. The van der Waals surface area contributed by atoms with E-state index in [1.54, 1.807) is 29.2 Å². The van der Waals surface area contributed by atoms with Gasteiger partial charge < -0.3 is 10.2 Å². The number of hydrogen-bond donors (Lipinski definition) is 1. The first-order valence-corrected chi connectivity index (χ1v) is 12.1. The zero-order valence-electron chi connectivity index (χ0n) is 20.8. The van der Waals surface area contributed by atoms with E-state index < -0.39 is 0 Å². The molecule has 8 heteroatoms. The minimum Gasteiger partial charge on any atom is -0.322 e. The van der Waals surface area contributed by atoms with Gasteiger partial charge in [-0.2, -0.15) is 5.10 Å². The second-order valence-corrected chi connectivity index (χ2v) is 9.22. The lowest BCUT2D eigenvalue weighted by molar-refractivity contribution is 0.102. The smallest absolute Gasteiger partial charge is 0.257 e. The van der Waals surface area contributed by atoms with E-state index in [2.05, 4.69) is 62.1 Å². The summed E-state index contributed by atoms with van der Waals surface area (Å²) in [4.78, 5) is 26.5. The van der Waals surface area contributed by atoms with E-state index in [0.29, 0.717) is 16.8 Å².